The highest BCUT2D eigenvalue weighted by atomic mass is 35.5. The maximum atomic E-state index is 13.2. The average Bonchev–Trinajstić information content (AvgIpc) is 3.01. The fourth-order valence-electron chi connectivity index (χ4n) is 3.12. The van der Waals surface area contributed by atoms with Crippen LogP contribution in [0.2, 0.25) is 0 Å². The summed E-state index contributed by atoms with van der Waals surface area (Å²) in [6, 6.07) is 9.84. The predicted molar refractivity (Wildman–Crippen MR) is 114 cm³/mol. The molecule has 0 spiro atoms. The molecule has 150 valence electrons. The molecule has 28 heavy (non-hydrogen) atoms. The summed E-state index contributed by atoms with van der Waals surface area (Å²) >= 11 is 0. The Balaban J connectivity index is 0.00000280. The molecule has 0 fully saturated rings. The van der Waals surface area contributed by atoms with Crippen LogP contribution in [-0.4, -0.2) is 41.1 Å². The number of nitrogens with two attached hydrogens (primary N) is 1. The molecule has 6 nitrogen and oxygen atoms in total. The minimum absolute atomic E-state index is 0. The summed E-state index contributed by atoms with van der Waals surface area (Å²) in [6.45, 7) is 8.99. The van der Waals surface area contributed by atoms with E-state index in [0.717, 1.165) is 11.1 Å². The fraction of sp³-hybridized carbons (Fsp3) is 0.381. The normalized spacial score (nSPS) is 11.4. The molecule has 0 bridgehead atoms. The molecule has 2 heterocycles. The van der Waals surface area contributed by atoms with Gasteiger partial charge in [-0.05, 0) is 31.9 Å². The number of rotatable bonds is 5. The lowest BCUT2D eigenvalue weighted by atomic mass is 9.93. The molecule has 3 rings (SSSR count). The Morgan fingerprint density at radius 3 is 2.46 bits per heavy atom. The number of nitrogens with zero attached hydrogens (tertiary/aromatic N) is 3. The molecule has 0 radical (unpaired) electrons. The van der Waals surface area contributed by atoms with Crippen LogP contribution in [0.3, 0.4) is 0 Å². The number of fused-ring (bicyclic) bond motifs is 1. The highest BCUT2D eigenvalue weighted by molar-refractivity contribution is 6.06. The Kier molecular flexibility index (Phi) is 6.47. The standard InChI is InChI=1S/C21H26N4O2.ClH/c1-13-6-8-15(9-7-13)17-10-16(18-14(2)24-27-19(18)23-17)20(26)25(5)12-21(3,4)11-22;/h6-10H,11-12,22H2,1-5H3;1H. The van der Waals surface area contributed by atoms with E-state index in [0.29, 0.717) is 41.1 Å². The molecule has 3 aromatic rings. The van der Waals surface area contributed by atoms with Crippen molar-refractivity contribution in [3.8, 4) is 11.3 Å². The maximum Gasteiger partial charge on any atom is 0.259 e. The van der Waals surface area contributed by atoms with Crippen LogP contribution in [-0.2, 0) is 0 Å². The maximum absolute atomic E-state index is 13.2. The van der Waals surface area contributed by atoms with Crippen LogP contribution in [0.25, 0.3) is 22.4 Å². The van der Waals surface area contributed by atoms with Gasteiger partial charge in [0, 0.05) is 19.2 Å². The molecule has 2 N–H and O–H groups in total. The molecule has 0 saturated carbocycles. The summed E-state index contributed by atoms with van der Waals surface area (Å²) in [6.07, 6.45) is 0. The van der Waals surface area contributed by atoms with E-state index in [1.54, 1.807) is 11.9 Å². The molecule has 0 aliphatic carbocycles. The molecular weight excluding hydrogens is 376 g/mol. The van der Waals surface area contributed by atoms with Crippen molar-refractivity contribution < 1.29 is 9.32 Å². The summed E-state index contributed by atoms with van der Waals surface area (Å²) in [4.78, 5) is 19.5. The highest BCUT2D eigenvalue weighted by Crippen LogP contribution is 2.28. The Labute approximate surface area is 171 Å². The van der Waals surface area contributed by atoms with Crippen LogP contribution in [0.15, 0.2) is 34.9 Å². The van der Waals surface area contributed by atoms with Crippen LogP contribution in [0, 0.1) is 19.3 Å². The van der Waals surface area contributed by atoms with Gasteiger partial charge >= 0.3 is 0 Å². The quantitative estimate of drug-likeness (QED) is 0.697. The average molecular weight is 403 g/mol. The van der Waals surface area contributed by atoms with Gasteiger partial charge in [-0.15, -0.1) is 12.4 Å². The molecule has 0 atom stereocenters. The monoisotopic (exact) mass is 402 g/mol. The van der Waals surface area contributed by atoms with Gasteiger partial charge in [0.15, 0.2) is 0 Å². The van der Waals surface area contributed by atoms with E-state index in [2.05, 4.69) is 10.1 Å². The predicted octanol–water partition coefficient (Wildman–Crippen LogP) is 3.99. The number of pyridine rings is 1. The molecule has 0 unspecified atom stereocenters. The van der Waals surface area contributed by atoms with Crippen molar-refractivity contribution in [3.63, 3.8) is 0 Å². The summed E-state index contributed by atoms with van der Waals surface area (Å²) in [7, 11) is 1.79. The minimum Gasteiger partial charge on any atom is -0.341 e. The van der Waals surface area contributed by atoms with Gasteiger partial charge in [-0.2, -0.15) is 0 Å². The molecule has 0 aliphatic rings. The van der Waals surface area contributed by atoms with Gasteiger partial charge in [0.25, 0.3) is 11.6 Å². The number of carbonyl (C=O) groups excluding carboxylic acids is 1. The summed E-state index contributed by atoms with van der Waals surface area (Å²) in [5.41, 5.74) is 10.0. The summed E-state index contributed by atoms with van der Waals surface area (Å²) in [5, 5.41) is 4.67. The van der Waals surface area contributed by atoms with Crippen LogP contribution >= 0.6 is 12.4 Å². The summed E-state index contributed by atoms with van der Waals surface area (Å²) in [5.74, 6) is -0.0939. The SMILES string of the molecule is Cc1ccc(-c2cc(C(=O)N(C)CC(C)(C)CN)c3c(C)noc3n2)cc1.Cl. The van der Waals surface area contributed by atoms with Gasteiger partial charge in [0.2, 0.25) is 0 Å². The second-order valence-electron chi connectivity index (χ2n) is 7.90. The van der Waals surface area contributed by atoms with Crippen LogP contribution in [0.4, 0.5) is 0 Å². The zero-order valence-corrected chi connectivity index (χ0v) is 17.8. The molecule has 0 saturated heterocycles. The molecule has 1 aromatic carbocycles. The number of benzene rings is 1. The first-order valence-electron chi connectivity index (χ1n) is 9.01. The number of aromatic nitrogens is 2. The van der Waals surface area contributed by atoms with Crippen molar-refractivity contribution in [2.24, 2.45) is 11.1 Å². The lowest BCUT2D eigenvalue weighted by Gasteiger charge is -2.29. The zero-order chi connectivity index (χ0) is 19.8. The van der Waals surface area contributed by atoms with E-state index in [1.807, 2.05) is 58.0 Å². The molecule has 0 aliphatic heterocycles. The highest BCUT2D eigenvalue weighted by Gasteiger charge is 2.25. The largest absolute Gasteiger partial charge is 0.341 e. The Bertz CT molecular complexity index is 980. The summed E-state index contributed by atoms with van der Waals surface area (Å²) < 4.78 is 5.38. The van der Waals surface area contributed by atoms with Crippen molar-refractivity contribution >= 4 is 29.4 Å². The fourth-order valence-corrected chi connectivity index (χ4v) is 3.12. The second-order valence-corrected chi connectivity index (χ2v) is 7.90. The number of hydrogen-bond acceptors (Lipinski definition) is 5. The molecule has 7 heteroatoms. The smallest absolute Gasteiger partial charge is 0.259 e. The van der Waals surface area contributed by atoms with E-state index in [9.17, 15) is 4.79 Å². The Morgan fingerprint density at radius 1 is 1.21 bits per heavy atom. The molecule has 2 aromatic heterocycles. The lowest BCUT2D eigenvalue weighted by molar-refractivity contribution is 0.0742. The second kappa shape index (κ2) is 8.29. The molecular formula is C21H27ClN4O2. The minimum atomic E-state index is -0.167. The van der Waals surface area contributed by atoms with Crippen molar-refractivity contribution in [1.29, 1.82) is 0 Å². The first kappa shape index (κ1) is 21.9. The first-order chi connectivity index (χ1) is 12.7. The topological polar surface area (TPSA) is 85.2 Å². The number of carbonyl (C=O) groups is 1. The van der Waals surface area contributed by atoms with E-state index in [-0.39, 0.29) is 23.7 Å². The van der Waals surface area contributed by atoms with Gasteiger partial charge in [0.1, 0.15) is 0 Å². The third-order valence-corrected chi connectivity index (χ3v) is 4.76. The molecule has 1 amide bonds. The number of aryl methyl sites for hydroxylation is 2. The van der Waals surface area contributed by atoms with Crippen LogP contribution < -0.4 is 5.73 Å². The van der Waals surface area contributed by atoms with Gasteiger partial charge < -0.3 is 15.2 Å². The third-order valence-electron chi connectivity index (χ3n) is 4.76. The van der Waals surface area contributed by atoms with E-state index in [1.165, 1.54) is 0 Å². The van der Waals surface area contributed by atoms with Crippen LogP contribution in [0.1, 0.15) is 35.5 Å². The lowest BCUT2D eigenvalue weighted by Crippen LogP contribution is -2.39. The zero-order valence-electron chi connectivity index (χ0n) is 16.9. The third kappa shape index (κ3) is 4.34. The van der Waals surface area contributed by atoms with Gasteiger partial charge in [0.05, 0.1) is 22.3 Å². The number of hydrogen-bond donors (Lipinski definition) is 1. The number of amides is 1. The van der Waals surface area contributed by atoms with E-state index >= 15 is 0 Å². The van der Waals surface area contributed by atoms with E-state index in [4.69, 9.17) is 10.3 Å². The van der Waals surface area contributed by atoms with E-state index < -0.39 is 0 Å². The van der Waals surface area contributed by atoms with Crippen molar-refractivity contribution in [2.45, 2.75) is 27.7 Å². The van der Waals surface area contributed by atoms with Crippen LogP contribution in [0.5, 0.6) is 0 Å². The first-order valence-corrected chi connectivity index (χ1v) is 9.01. The number of halogens is 1. The van der Waals surface area contributed by atoms with Gasteiger partial charge in [-0.1, -0.05) is 48.8 Å². The Morgan fingerprint density at radius 2 is 1.86 bits per heavy atom. The van der Waals surface area contributed by atoms with Crippen molar-refractivity contribution in [2.75, 3.05) is 20.1 Å². The Hall–Kier alpha value is -2.44. The van der Waals surface area contributed by atoms with Crippen molar-refractivity contribution in [3.05, 3.63) is 47.2 Å². The van der Waals surface area contributed by atoms with Crippen molar-refractivity contribution in [1.82, 2.24) is 15.0 Å². The van der Waals surface area contributed by atoms with Gasteiger partial charge in [-0.3, -0.25) is 4.79 Å². The van der Waals surface area contributed by atoms with Gasteiger partial charge in [-0.25, -0.2) is 4.98 Å².